The van der Waals surface area contributed by atoms with E-state index >= 15 is 0 Å². The highest BCUT2D eigenvalue weighted by Gasteiger charge is 2.19. The summed E-state index contributed by atoms with van der Waals surface area (Å²) in [5.74, 6) is 0.651. The summed E-state index contributed by atoms with van der Waals surface area (Å²) in [4.78, 5) is 0. The second kappa shape index (κ2) is 6.74. The Morgan fingerprint density at radius 3 is 2.16 bits per heavy atom. The Morgan fingerprint density at radius 1 is 1.11 bits per heavy atom. The molecule has 1 saturated carbocycles. The Kier molecular flexibility index (Phi) is 5.27. The van der Waals surface area contributed by atoms with E-state index in [2.05, 4.69) is 0 Å². The van der Waals surface area contributed by atoms with E-state index in [4.69, 9.17) is 11.6 Å². The highest BCUT2D eigenvalue weighted by atomic mass is 35.5. The van der Waals surface area contributed by atoms with Crippen molar-refractivity contribution in [3.8, 4) is 0 Å². The van der Waals surface area contributed by atoms with Crippen molar-refractivity contribution in [3.05, 3.63) is 34.6 Å². The van der Waals surface area contributed by atoms with E-state index in [0.717, 1.165) is 17.9 Å². The quantitative estimate of drug-likeness (QED) is 0.465. The SMILES string of the molecule is Cc1cc(C(Cl)CC2CCCCCC2)cc(C)c1F. The van der Waals surface area contributed by atoms with Crippen molar-refractivity contribution in [1.29, 1.82) is 0 Å². The van der Waals surface area contributed by atoms with E-state index in [1.165, 1.54) is 38.5 Å². The zero-order chi connectivity index (χ0) is 13.8. The van der Waals surface area contributed by atoms with Crippen LogP contribution in [0.1, 0.15) is 67.0 Å². The van der Waals surface area contributed by atoms with E-state index in [0.29, 0.717) is 11.1 Å². The Balaban J connectivity index is 2.04. The molecule has 0 aromatic heterocycles. The maximum absolute atomic E-state index is 13.6. The molecular formula is C17H24ClF. The molecule has 1 aliphatic rings. The average Bonchev–Trinajstić information content (AvgIpc) is 2.64. The molecule has 0 N–H and O–H groups in total. The number of rotatable bonds is 3. The van der Waals surface area contributed by atoms with Crippen LogP contribution >= 0.6 is 11.6 Å². The number of alkyl halides is 1. The van der Waals surface area contributed by atoms with Crippen LogP contribution in [0.2, 0.25) is 0 Å². The van der Waals surface area contributed by atoms with Crippen molar-refractivity contribution >= 4 is 11.6 Å². The van der Waals surface area contributed by atoms with E-state index in [1.54, 1.807) is 0 Å². The van der Waals surface area contributed by atoms with Gasteiger partial charge in [0.1, 0.15) is 5.82 Å². The van der Waals surface area contributed by atoms with E-state index in [1.807, 2.05) is 26.0 Å². The normalized spacial score (nSPS) is 19.2. The van der Waals surface area contributed by atoms with Gasteiger partial charge in [0.15, 0.2) is 0 Å². The van der Waals surface area contributed by atoms with Crippen LogP contribution in [-0.2, 0) is 0 Å². The van der Waals surface area contributed by atoms with Gasteiger partial charge in [-0.3, -0.25) is 0 Å². The Bertz CT molecular complexity index is 396. The van der Waals surface area contributed by atoms with Crippen LogP contribution in [0.25, 0.3) is 0 Å². The van der Waals surface area contributed by atoms with Gasteiger partial charge in [0.05, 0.1) is 5.38 Å². The second-order valence-corrected chi connectivity index (χ2v) is 6.56. The van der Waals surface area contributed by atoms with Crippen LogP contribution in [0.15, 0.2) is 12.1 Å². The number of benzene rings is 1. The van der Waals surface area contributed by atoms with Crippen LogP contribution in [-0.4, -0.2) is 0 Å². The minimum Gasteiger partial charge on any atom is -0.206 e. The molecule has 1 fully saturated rings. The van der Waals surface area contributed by atoms with E-state index < -0.39 is 0 Å². The Hall–Kier alpha value is -0.560. The van der Waals surface area contributed by atoms with Crippen molar-refractivity contribution in [2.45, 2.75) is 64.2 Å². The average molecular weight is 283 g/mol. The highest BCUT2D eigenvalue weighted by Crippen LogP contribution is 2.35. The summed E-state index contributed by atoms with van der Waals surface area (Å²) in [7, 11) is 0. The zero-order valence-corrected chi connectivity index (χ0v) is 12.8. The summed E-state index contributed by atoms with van der Waals surface area (Å²) in [6, 6.07) is 3.83. The monoisotopic (exact) mass is 282 g/mol. The van der Waals surface area contributed by atoms with Gasteiger partial charge in [-0.05, 0) is 42.9 Å². The van der Waals surface area contributed by atoms with Crippen molar-refractivity contribution in [3.63, 3.8) is 0 Å². The number of hydrogen-bond donors (Lipinski definition) is 0. The number of aryl methyl sites for hydroxylation is 2. The van der Waals surface area contributed by atoms with E-state index in [-0.39, 0.29) is 11.2 Å². The molecule has 0 nitrogen and oxygen atoms in total. The van der Waals surface area contributed by atoms with Crippen molar-refractivity contribution < 1.29 is 4.39 Å². The zero-order valence-electron chi connectivity index (χ0n) is 12.0. The molecule has 0 amide bonds. The summed E-state index contributed by atoms with van der Waals surface area (Å²) in [5, 5.41) is 0.0288. The van der Waals surface area contributed by atoms with Crippen LogP contribution in [0.5, 0.6) is 0 Å². The summed E-state index contributed by atoms with van der Waals surface area (Å²) >= 11 is 6.57. The molecule has 106 valence electrons. The highest BCUT2D eigenvalue weighted by molar-refractivity contribution is 6.20. The minimum absolute atomic E-state index is 0.0288. The molecule has 2 heteroatoms. The van der Waals surface area contributed by atoms with Gasteiger partial charge in [-0.15, -0.1) is 11.6 Å². The largest absolute Gasteiger partial charge is 0.206 e. The van der Waals surface area contributed by atoms with Gasteiger partial charge in [0.25, 0.3) is 0 Å². The Morgan fingerprint density at radius 2 is 1.63 bits per heavy atom. The molecule has 0 radical (unpaired) electrons. The summed E-state index contributed by atoms with van der Waals surface area (Å²) in [6.45, 7) is 3.64. The molecule has 1 atom stereocenters. The summed E-state index contributed by atoms with van der Waals surface area (Å²) < 4.78 is 13.6. The van der Waals surface area contributed by atoms with Crippen LogP contribution in [0, 0.1) is 25.6 Å². The minimum atomic E-state index is -0.0953. The molecule has 1 aromatic carbocycles. The molecule has 0 bridgehead atoms. The molecule has 0 saturated heterocycles. The van der Waals surface area contributed by atoms with Gasteiger partial charge >= 0.3 is 0 Å². The van der Waals surface area contributed by atoms with Crippen molar-refractivity contribution in [1.82, 2.24) is 0 Å². The molecular weight excluding hydrogens is 259 g/mol. The standard InChI is InChI=1S/C17H24ClF/c1-12-9-15(10-13(2)17(12)19)16(18)11-14-7-5-3-4-6-8-14/h9-10,14,16H,3-8,11H2,1-2H3. The van der Waals surface area contributed by atoms with Crippen LogP contribution in [0.3, 0.4) is 0 Å². The molecule has 1 unspecified atom stereocenters. The first-order valence-electron chi connectivity index (χ1n) is 7.48. The smallest absolute Gasteiger partial charge is 0.129 e. The van der Waals surface area contributed by atoms with Gasteiger partial charge in [-0.25, -0.2) is 4.39 Å². The van der Waals surface area contributed by atoms with Gasteiger partial charge in [-0.1, -0.05) is 50.7 Å². The summed E-state index contributed by atoms with van der Waals surface area (Å²) in [5.41, 5.74) is 2.50. The maximum Gasteiger partial charge on any atom is 0.129 e. The first-order valence-corrected chi connectivity index (χ1v) is 7.92. The summed E-state index contributed by atoms with van der Waals surface area (Å²) in [6.07, 6.45) is 9.08. The van der Waals surface area contributed by atoms with Gasteiger partial charge < -0.3 is 0 Å². The van der Waals surface area contributed by atoms with Crippen LogP contribution in [0.4, 0.5) is 4.39 Å². The van der Waals surface area contributed by atoms with Crippen molar-refractivity contribution in [2.75, 3.05) is 0 Å². The lowest BCUT2D eigenvalue weighted by molar-refractivity contribution is 0.423. The fourth-order valence-corrected chi connectivity index (χ4v) is 3.57. The fourth-order valence-electron chi connectivity index (χ4n) is 3.19. The molecule has 1 aliphatic carbocycles. The van der Waals surface area contributed by atoms with E-state index in [9.17, 15) is 4.39 Å². The molecule has 1 aromatic rings. The van der Waals surface area contributed by atoms with Gasteiger partial charge in [0, 0.05) is 0 Å². The van der Waals surface area contributed by atoms with Gasteiger partial charge in [-0.2, -0.15) is 0 Å². The molecule has 0 aliphatic heterocycles. The predicted octanol–water partition coefficient (Wildman–Crippen LogP) is 6.08. The fraction of sp³-hybridized carbons (Fsp3) is 0.647. The third kappa shape index (κ3) is 3.95. The second-order valence-electron chi connectivity index (χ2n) is 6.03. The number of hydrogen-bond acceptors (Lipinski definition) is 0. The molecule has 19 heavy (non-hydrogen) atoms. The van der Waals surface area contributed by atoms with Crippen molar-refractivity contribution in [2.24, 2.45) is 5.92 Å². The lowest BCUT2D eigenvalue weighted by Crippen LogP contribution is -2.04. The molecule has 0 spiro atoms. The lowest BCUT2D eigenvalue weighted by atomic mass is 9.91. The Labute approximate surface area is 121 Å². The first-order chi connectivity index (χ1) is 9.08. The topological polar surface area (TPSA) is 0 Å². The first kappa shape index (κ1) is 14.8. The third-order valence-corrected chi connectivity index (χ3v) is 4.77. The predicted molar refractivity (Wildman–Crippen MR) is 80.3 cm³/mol. The molecule has 0 heterocycles. The third-order valence-electron chi connectivity index (χ3n) is 4.34. The van der Waals surface area contributed by atoms with Gasteiger partial charge in [0.2, 0.25) is 0 Å². The molecule has 2 rings (SSSR count). The lowest BCUT2D eigenvalue weighted by Gasteiger charge is -2.19. The number of halogens is 2. The maximum atomic E-state index is 13.6. The van der Waals surface area contributed by atoms with Crippen LogP contribution < -0.4 is 0 Å².